The van der Waals surface area contributed by atoms with Crippen molar-refractivity contribution < 1.29 is 9.90 Å². The molecule has 0 saturated heterocycles. The third-order valence-electron chi connectivity index (χ3n) is 2.49. The second-order valence-corrected chi connectivity index (χ2v) is 4.03. The van der Waals surface area contributed by atoms with Gasteiger partial charge in [0.1, 0.15) is 6.10 Å². The fourth-order valence-electron chi connectivity index (χ4n) is 1.31. The number of hydrogen-bond acceptors (Lipinski definition) is 3. The SMILES string of the molecule is CCCC[C@H](N)C(O)C(=O)NC1CC1. The molecule has 4 nitrogen and oxygen atoms in total. The van der Waals surface area contributed by atoms with Gasteiger partial charge in [-0.25, -0.2) is 0 Å². The second kappa shape index (κ2) is 5.32. The van der Waals surface area contributed by atoms with E-state index in [4.69, 9.17) is 5.73 Å². The minimum Gasteiger partial charge on any atom is -0.382 e. The standard InChI is InChI=1S/C10H20N2O2/c1-2-3-4-8(11)9(13)10(14)12-7-5-6-7/h7-9,13H,2-6,11H2,1H3,(H,12,14)/t8-,9?/m0/s1. The van der Waals surface area contributed by atoms with Gasteiger partial charge < -0.3 is 16.2 Å². The Morgan fingerprint density at radius 1 is 1.64 bits per heavy atom. The average Bonchev–Trinajstić information content (AvgIpc) is 2.96. The van der Waals surface area contributed by atoms with Crippen LogP contribution in [0.2, 0.25) is 0 Å². The summed E-state index contributed by atoms with van der Waals surface area (Å²) in [5, 5.41) is 12.3. The molecule has 82 valence electrons. The normalized spacial score (nSPS) is 20.2. The molecule has 4 heteroatoms. The Bertz CT molecular complexity index is 193. The van der Waals surface area contributed by atoms with E-state index < -0.39 is 12.1 Å². The van der Waals surface area contributed by atoms with E-state index in [2.05, 4.69) is 12.2 Å². The van der Waals surface area contributed by atoms with E-state index in [9.17, 15) is 9.90 Å². The van der Waals surface area contributed by atoms with E-state index >= 15 is 0 Å². The van der Waals surface area contributed by atoms with Crippen LogP contribution >= 0.6 is 0 Å². The van der Waals surface area contributed by atoms with E-state index in [0.29, 0.717) is 6.42 Å². The lowest BCUT2D eigenvalue weighted by Crippen LogP contribution is -2.46. The molecule has 1 aliphatic rings. The van der Waals surface area contributed by atoms with Crippen LogP contribution in [0.25, 0.3) is 0 Å². The number of amides is 1. The average molecular weight is 200 g/mol. The molecule has 1 aliphatic carbocycles. The summed E-state index contributed by atoms with van der Waals surface area (Å²) in [5.41, 5.74) is 5.69. The number of hydrogen-bond donors (Lipinski definition) is 3. The fraction of sp³-hybridized carbons (Fsp3) is 0.900. The molecule has 0 aromatic rings. The lowest BCUT2D eigenvalue weighted by Gasteiger charge is -2.17. The molecule has 0 heterocycles. The lowest BCUT2D eigenvalue weighted by molar-refractivity contribution is -0.130. The minimum absolute atomic E-state index is 0.288. The van der Waals surface area contributed by atoms with E-state index in [1.165, 1.54) is 0 Å². The van der Waals surface area contributed by atoms with Gasteiger partial charge in [0.25, 0.3) is 5.91 Å². The highest BCUT2D eigenvalue weighted by Crippen LogP contribution is 2.18. The van der Waals surface area contributed by atoms with Gasteiger partial charge in [-0.3, -0.25) is 4.79 Å². The Labute approximate surface area is 84.9 Å². The molecule has 14 heavy (non-hydrogen) atoms. The highest BCUT2D eigenvalue weighted by molar-refractivity contribution is 5.81. The van der Waals surface area contributed by atoms with E-state index in [1.54, 1.807) is 0 Å². The predicted molar refractivity (Wildman–Crippen MR) is 54.7 cm³/mol. The molecule has 1 saturated carbocycles. The largest absolute Gasteiger partial charge is 0.382 e. The third-order valence-corrected chi connectivity index (χ3v) is 2.49. The topological polar surface area (TPSA) is 75.3 Å². The van der Waals surface area contributed by atoms with Crippen LogP contribution in [0.15, 0.2) is 0 Å². The van der Waals surface area contributed by atoms with Crippen LogP contribution < -0.4 is 11.1 Å². The molecule has 2 atom stereocenters. The summed E-state index contributed by atoms with van der Waals surface area (Å²) in [6.07, 6.45) is 3.71. The Balaban J connectivity index is 2.22. The molecule has 0 bridgehead atoms. The number of aliphatic hydroxyl groups is 1. The Morgan fingerprint density at radius 3 is 2.79 bits per heavy atom. The second-order valence-electron chi connectivity index (χ2n) is 4.03. The Hall–Kier alpha value is -0.610. The van der Waals surface area contributed by atoms with Crippen LogP contribution in [0.3, 0.4) is 0 Å². The fourth-order valence-corrected chi connectivity index (χ4v) is 1.31. The molecule has 4 N–H and O–H groups in total. The maximum Gasteiger partial charge on any atom is 0.250 e. The first-order valence-corrected chi connectivity index (χ1v) is 5.39. The van der Waals surface area contributed by atoms with Gasteiger partial charge in [0.05, 0.1) is 0 Å². The molecular weight excluding hydrogens is 180 g/mol. The maximum atomic E-state index is 11.4. The highest BCUT2D eigenvalue weighted by atomic mass is 16.3. The van der Waals surface area contributed by atoms with Crippen molar-refractivity contribution in [2.24, 2.45) is 5.73 Å². The number of unbranched alkanes of at least 4 members (excludes halogenated alkanes) is 1. The van der Waals surface area contributed by atoms with Crippen molar-refractivity contribution in [2.75, 3.05) is 0 Å². The molecule has 0 spiro atoms. The van der Waals surface area contributed by atoms with Gasteiger partial charge in [-0.15, -0.1) is 0 Å². The van der Waals surface area contributed by atoms with Crippen molar-refractivity contribution in [3.05, 3.63) is 0 Å². The molecule has 1 unspecified atom stereocenters. The first-order valence-electron chi connectivity index (χ1n) is 5.39. The number of carbonyl (C=O) groups excluding carboxylic acids is 1. The summed E-state index contributed by atoms with van der Waals surface area (Å²) >= 11 is 0. The van der Waals surface area contributed by atoms with Crippen LogP contribution in [-0.2, 0) is 4.79 Å². The number of carbonyl (C=O) groups is 1. The number of rotatable bonds is 6. The van der Waals surface area contributed by atoms with Crippen molar-refractivity contribution in [3.8, 4) is 0 Å². The van der Waals surface area contributed by atoms with Crippen LogP contribution in [0, 0.1) is 0 Å². The van der Waals surface area contributed by atoms with E-state index in [0.717, 1.165) is 25.7 Å². The van der Waals surface area contributed by atoms with Gasteiger partial charge >= 0.3 is 0 Å². The molecule has 1 amide bonds. The van der Waals surface area contributed by atoms with Crippen molar-refractivity contribution >= 4 is 5.91 Å². The molecule has 0 aliphatic heterocycles. The first kappa shape index (κ1) is 11.5. The van der Waals surface area contributed by atoms with Crippen molar-refractivity contribution in [3.63, 3.8) is 0 Å². The van der Waals surface area contributed by atoms with Crippen LogP contribution in [-0.4, -0.2) is 29.2 Å². The van der Waals surface area contributed by atoms with Crippen molar-refractivity contribution in [2.45, 2.75) is 57.2 Å². The van der Waals surface area contributed by atoms with Gasteiger partial charge in [-0.05, 0) is 19.3 Å². The zero-order valence-electron chi connectivity index (χ0n) is 8.70. The highest BCUT2D eigenvalue weighted by Gasteiger charge is 2.28. The summed E-state index contributed by atoms with van der Waals surface area (Å²) in [5.74, 6) is -0.309. The number of nitrogens with two attached hydrogens (primary N) is 1. The van der Waals surface area contributed by atoms with Crippen molar-refractivity contribution in [1.82, 2.24) is 5.32 Å². The van der Waals surface area contributed by atoms with E-state index in [1.807, 2.05) is 0 Å². The number of nitrogens with one attached hydrogen (secondary N) is 1. The molecule has 1 rings (SSSR count). The van der Waals surface area contributed by atoms with Gasteiger partial charge in [-0.2, -0.15) is 0 Å². The summed E-state index contributed by atoms with van der Waals surface area (Å²) in [7, 11) is 0. The Morgan fingerprint density at radius 2 is 2.29 bits per heavy atom. The van der Waals surface area contributed by atoms with Crippen LogP contribution in [0.1, 0.15) is 39.0 Å². The van der Waals surface area contributed by atoms with Gasteiger partial charge in [0.2, 0.25) is 0 Å². The summed E-state index contributed by atoms with van der Waals surface area (Å²) in [6.45, 7) is 2.06. The summed E-state index contributed by atoms with van der Waals surface area (Å²) in [4.78, 5) is 11.4. The number of aliphatic hydroxyl groups excluding tert-OH is 1. The monoisotopic (exact) mass is 200 g/mol. The maximum absolute atomic E-state index is 11.4. The molecule has 1 fully saturated rings. The molecule has 0 aromatic heterocycles. The zero-order valence-corrected chi connectivity index (χ0v) is 8.70. The predicted octanol–water partition coefficient (Wildman–Crippen LogP) is 0.143. The molecule has 0 aromatic carbocycles. The van der Waals surface area contributed by atoms with Gasteiger partial charge in [0.15, 0.2) is 0 Å². The first-order chi connectivity index (χ1) is 6.65. The van der Waals surface area contributed by atoms with Gasteiger partial charge in [-0.1, -0.05) is 19.8 Å². The Kier molecular flexibility index (Phi) is 4.35. The summed E-state index contributed by atoms with van der Waals surface area (Å²) in [6, 6.07) is -0.135. The minimum atomic E-state index is -1.04. The quantitative estimate of drug-likeness (QED) is 0.571. The smallest absolute Gasteiger partial charge is 0.250 e. The van der Waals surface area contributed by atoms with Crippen LogP contribution in [0.4, 0.5) is 0 Å². The lowest BCUT2D eigenvalue weighted by atomic mass is 10.0. The van der Waals surface area contributed by atoms with Crippen molar-refractivity contribution in [1.29, 1.82) is 0 Å². The van der Waals surface area contributed by atoms with E-state index in [-0.39, 0.29) is 11.9 Å². The third kappa shape index (κ3) is 3.64. The van der Waals surface area contributed by atoms with Crippen LogP contribution in [0.5, 0.6) is 0 Å². The summed E-state index contributed by atoms with van der Waals surface area (Å²) < 4.78 is 0. The molecule has 0 radical (unpaired) electrons. The molecular formula is C10H20N2O2. The zero-order chi connectivity index (χ0) is 10.6. The van der Waals surface area contributed by atoms with Gasteiger partial charge in [0, 0.05) is 12.1 Å².